The summed E-state index contributed by atoms with van der Waals surface area (Å²) in [4.78, 5) is 31.9. The van der Waals surface area contributed by atoms with Gasteiger partial charge in [0.2, 0.25) is 0 Å². The summed E-state index contributed by atoms with van der Waals surface area (Å²) in [6, 6.07) is 6.65. The van der Waals surface area contributed by atoms with E-state index in [4.69, 9.17) is 4.74 Å². The fraction of sp³-hybridized carbons (Fsp3) is 0.450. The van der Waals surface area contributed by atoms with E-state index in [9.17, 15) is 18.0 Å². The zero-order valence-electron chi connectivity index (χ0n) is 16.8. The number of thioether (sulfide) groups is 1. The van der Waals surface area contributed by atoms with E-state index in [2.05, 4.69) is 4.98 Å². The average molecular weight is 469 g/mol. The third kappa shape index (κ3) is 5.83. The first-order chi connectivity index (χ1) is 14.3. The summed E-state index contributed by atoms with van der Waals surface area (Å²) in [6.45, 7) is 3.68. The Hall–Kier alpha value is -1.91. The van der Waals surface area contributed by atoms with Gasteiger partial charge in [0.15, 0.2) is 15.9 Å². The molecule has 0 saturated carbocycles. The maximum absolute atomic E-state index is 12.7. The number of esters is 1. The van der Waals surface area contributed by atoms with Crippen molar-refractivity contribution in [2.24, 2.45) is 0 Å². The molecule has 0 aliphatic carbocycles. The third-order valence-corrected chi connectivity index (χ3v) is 8.30. The minimum Gasteiger partial charge on any atom is -0.449 e. The number of sulfone groups is 1. The molecule has 0 radical (unpaired) electrons. The average Bonchev–Trinajstić information content (AvgIpc) is 3.36. The SMILES string of the molecule is CCN(C(=O)[C@H](C)OC(=O)c1ccc(SCc2cscn2)cc1)[C@@H]1CCS(=O)(=O)C1. The van der Waals surface area contributed by atoms with Gasteiger partial charge in [-0.05, 0) is 44.5 Å². The summed E-state index contributed by atoms with van der Waals surface area (Å²) in [5, 5.41) is 2.00. The predicted octanol–water partition coefficient (Wildman–Crippen LogP) is 3.02. The van der Waals surface area contributed by atoms with Crippen LogP contribution >= 0.6 is 23.1 Å². The molecule has 1 aromatic heterocycles. The van der Waals surface area contributed by atoms with Crippen molar-refractivity contribution in [3.63, 3.8) is 0 Å². The fourth-order valence-electron chi connectivity index (χ4n) is 3.28. The van der Waals surface area contributed by atoms with E-state index in [0.29, 0.717) is 18.5 Å². The zero-order chi connectivity index (χ0) is 21.7. The van der Waals surface area contributed by atoms with Crippen molar-refractivity contribution in [1.82, 2.24) is 9.88 Å². The maximum atomic E-state index is 12.7. The molecular formula is C20H24N2O5S3. The summed E-state index contributed by atoms with van der Waals surface area (Å²) in [7, 11) is -3.11. The highest BCUT2D eigenvalue weighted by Crippen LogP contribution is 2.24. The summed E-state index contributed by atoms with van der Waals surface area (Å²) in [6.07, 6.45) is -0.567. The molecule has 1 saturated heterocycles. The maximum Gasteiger partial charge on any atom is 0.338 e. The van der Waals surface area contributed by atoms with Gasteiger partial charge in [-0.3, -0.25) is 4.79 Å². The topological polar surface area (TPSA) is 93.6 Å². The monoisotopic (exact) mass is 468 g/mol. The number of hydrogen-bond acceptors (Lipinski definition) is 8. The van der Waals surface area contributed by atoms with Gasteiger partial charge in [-0.1, -0.05) is 0 Å². The van der Waals surface area contributed by atoms with Gasteiger partial charge in [0.05, 0.1) is 28.3 Å². The number of aromatic nitrogens is 1. The lowest BCUT2D eigenvalue weighted by Gasteiger charge is -2.29. The van der Waals surface area contributed by atoms with Gasteiger partial charge in [-0.25, -0.2) is 18.2 Å². The Labute approximate surface area is 184 Å². The first-order valence-corrected chi connectivity index (χ1v) is 13.4. The van der Waals surface area contributed by atoms with Gasteiger partial charge >= 0.3 is 5.97 Å². The number of thiazole rings is 1. The highest BCUT2D eigenvalue weighted by molar-refractivity contribution is 7.98. The number of benzene rings is 1. The molecule has 0 spiro atoms. The molecule has 1 amide bonds. The smallest absolute Gasteiger partial charge is 0.338 e. The van der Waals surface area contributed by atoms with Crippen LogP contribution in [0.3, 0.4) is 0 Å². The van der Waals surface area contributed by atoms with Crippen molar-refractivity contribution < 1.29 is 22.7 Å². The molecule has 2 atom stereocenters. The zero-order valence-corrected chi connectivity index (χ0v) is 19.3. The van der Waals surface area contributed by atoms with E-state index in [1.54, 1.807) is 47.7 Å². The molecule has 0 bridgehead atoms. The standard InChI is InChI=1S/C20H24N2O5S3/c1-3-22(17-8-9-30(25,26)12-17)19(23)14(2)27-20(24)15-4-6-18(7-5-15)29-11-16-10-28-13-21-16/h4-7,10,13-14,17H,3,8-9,11-12H2,1-2H3/t14-,17+/m0/s1. The van der Waals surface area contributed by atoms with E-state index in [-0.39, 0.29) is 23.5 Å². The lowest BCUT2D eigenvalue weighted by molar-refractivity contribution is -0.141. The second-order valence-electron chi connectivity index (χ2n) is 7.02. The van der Waals surface area contributed by atoms with Gasteiger partial charge in [0, 0.05) is 28.6 Å². The van der Waals surface area contributed by atoms with Crippen LogP contribution in [0.5, 0.6) is 0 Å². The molecule has 2 heterocycles. The lowest BCUT2D eigenvalue weighted by Crippen LogP contribution is -2.46. The predicted molar refractivity (Wildman–Crippen MR) is 117 cm³/mol. The molecule has 1 aromatic carbocycles. The van der Waals surface area contributed by atoms with Crippen LogP contribution in [0.1, 0.15) is 36.3 Å². The Morgan fingerprint density at radius 1 is 1.33 bits per heavy atom. The Kier molecular flexibility index (Phi) is 7.54. The largest absolute Gasteiger partial charge is 0.449 e. The second kappa shape index (κ2) is 9.93. The number of rotatable bonds is 8. The van der Waals surface area contributed by atoms with Crippen LogP contribution in [0.25, 0.3) is 0 Å². The molecule has 0 unspecified atom stereocenters. The van der Waals surface area contributed by atoms with E-state index >= 15 is 0 Å². The van der Waals surface area contributed by atoms with Crippen molar-refractivity contribution in [3.05, 3.63) is 46.4 Å². The minimum absolute atomic E-state index is 0.0344. The highest BCUT2D eigenvalue weighted by Gasteiger charge is 2.36. The van der Waals surface area contributed by atoms with Crippen LogP contribution in [0.2, 0.25) is 0 Å². The first kappa shape index (κ1) is 22.8. The normalized spacial score (nSPS) is 18.7. The van der Waals surface area contributed by atoms with Crippen molar-refractivity contribution in [1.29, 1.82) is 0 Å². The van der Waals surface area contributed by atoms with Crippen LogP contribution in [0.15, 0.2) is 40.1 Å². The highest BCUT2D eigenvalue weighted by atomic mass is 32.2. The molecule has 30 heavy (non-hydrogen) atoms. The summed E-state index contributed by atoms with van der Waals surface area (Å²) < 4.78 is 28.8. The number of hydrogen-bond donors (Lipinski definition) is 0. The minimum atomic E-state index is -3.11. The molecule has 10 heteroatoms. The number of nitrogens with zero attached hydrogens (tertiary/aromatic N) is 2. The van der Waals surface area contributed by atoms with Crippen LogP contribution in [-0.2, 0) is 25.1 Å². The molecule has 1 aliphatic heterocycles. The van der Waals surface area contributed by atoms with Crippen LogP contribution in [0, 0.1) is 0 Å². The van der Waals surface area contributed by atoms with Crippen LogP contribution < -0.4 is 0 Å². The Bertz CT molecular complexity index is 974. The molecule has 2 aromatic rings. The Morgan fingerprint density at radius 2 is 2.07 bits per heavy atom. The molecule has 0 N–H and O–H groups in total. The Morgan fingerprint density at radius 3 is 2.63 bits per heavy atom. The molecule has 3 rings (SSSR count). The molecule has 1 aliphatic rings. The van der Waals surface area contributed by atoms with Crippen LogP contribution in [0.4, 0.5) is 0 Å². The van der Waals surface area contributed by atoms with E-state index in [1.165, 1.54) is 11.8 Å². The second-order valence-corrected chi connectivity index (χ2v) is 11.0. The van der Waals surface area contributed by atoms with Crippen molar-refractivity contribution >= 4 is 44.8 Å². The summed E-state index contributed by atoms with van der Waals surface area (Å²) in [5.74, 6) is -0.149. The first-order valence-electron chi connectivity index (χ1n) is 9.61. The number of carbonyl (C=O) groups excluding carboxylic acids is 2. The lowest BCUT2D eigenvalue weighted by atomic mass is 10.2. The molecular weight excluding hydrogens is 444 g/mol. The summed E-state index contributed by atoms with van der Waals surface area (Å²) >= 11 is 3.17. The van der Waals surface area contributed by atoms with E-state index in [0.717, 1.165) is 16.3 Å². The number of ether oxygens (including phenoxy) is 1. The van der Waals surface area contributed by atoms with Gasteiger partial charge in [-0.2, -0.15) is 0 Å². The number of amides is 1. The van der Waals surface area contributed by atoms with Crippen molar-refractivity contribution in [2.75, 3.05) is 18.1 Å². The Balaban J connectivity index is 1.55. The van der Waals surface area contributed by atoms with E-state index < -0.39 is 21.9 Å². The van der Waals surface area contributed by atoms with Gasteiger partial charge in [0.1, 0.15) is 0 Å². The van der Waals surface area contributed by atoms with Gasteiger partial charge in [-0.15, -0.1) is 23.1 Å². The molecule has 7 nitrogen and oxygen atoms in total. The quantitative estimate of drug-likeness (QED) is 0.434. The van der Waals surface area contributed by atoms with Crippen molar-refractivity contribution in [3.8, 4) is 0 Å². The molecule has 162 valence electrons. The third-order valence-electron chi connectivity index (χ3n) is 4.86. The van der Waals surface area contributed by atoms with Crippen molar-refractivity contribution in [2.45, 2.75) is 43.1 Å². The van der Waals surface area contributed by atoms with Crippen LogP contribution in [-0.4, -0.2) is 60.4 Å². The molecule has 1 fully saturated rings. The summed E-state index contributed by atoms with van der Waals surface area (Å²) in [5.41, 5.74) is 3.17. The van der Waals surface area contributed by atoms with Gasteiger partial charge < -0.3 is 9.64 Å². The fourth-order valence-corrected chi connectivity index (χ4v) is 6.48. The number of likely N-dealkylation sites (N-methyl/N-ethyl adjacent to an activating group) is 1. The van der Waals surface area contributed by atoms with Gasteiger partial charge in [0.25, 0.3) is 5.91 Å². The number of carbonyl (C=O) groups is 2. The van der Waals surface area contributed by atoms with E-state index in [1.807, 2.05) is 17.5 Å².